The smallest absolute Gasteiger partial charge is 0.334 e. The summed E-state index contributed by atoms with van der Waals surface area (Å²) >= 11 is 0. The average Bonchev–Trinajstić information content (AvgIpc) is 2.52. The number of urea groups is 1. The van der Waals surface area contributed by atoms with Gasteiger partial charge in [-0.2, -0.15) is 13.2 Å². The summed E-state index contributed by atoms with van der Waals surface area (Å²) in [5.41, 5.74) is 0.891. The molecule has 0 fully saturated rings. The van der Waals surface area contributed by atoms with Crippen LogP contribution in [0.25, 0.3) is 0 Å². The second-order valence-electron chi connectivity index (χ2n) is 5.70. The number of para-hydroxylation sites is 1. The first kappa shape index (κ1) is 17.8. The summed E-state index contributed by atoms with van der Waals surface area (Å²) in [6.07, 6.45) is -4.45. The molecule has 2 rings (SSSR count). The predicted octanol–water partition coefficient (Wildman–Crippen LogP) is 5.15. The lowest BCUT2D eigenvalue weighted by Crippen LogP contribution is -2.29. The Labute approximate surface area is 138 Å². The van der Waals surface area contributed by atoms with Gasteiger partial charge < -0.3 is 10.6 Å². The van der Waals surface area contributed by atoms with Crippen LogP contribution in [0.1, 0.15) is 36.5 Å². The number of hydrogen-bond acceptors (Lipinski definition) is 1. The molecule has 2 aromatic rings. The Morgan fingerprint density at radius 3 is 2.33 bits per heavy atom. The van der Waals surface area contributed by atoms with Crippen molar-refractivity contribution < 1.29 is 18.0 Å². The maximum Gasteiger partial charge on any atom is 0.416 e. The number of hydrogen-bond donors (Lipinski definition) is 2. The molecule has 6 heteroatoms. The van der Waals surface area contributed by atoms with E-state index in [1.165, 1.54) is 18.2 Å². The zero-order chi connectivity index (χ0) is 17.7. The fourth-order valence-electron chi connectivity index (χ4n) is 2.41. The van der Waals surface area contributed by atoms with Crippen LogP contribution in [0, 0.1) is 0 Å². The number of carbonyl (C=O) groups excluding carboxylic acids is 1. The fourth-order valence-corrected chi connectivity index (χ4v) is 2.41. The molecule has 0 bridgehead atoms. The van der Waals surface area contributed by atoms with Gasteiger partial charge in [0.15, 0.2) is 0 Å². The van der Waals surface area contributed by atoms with Gasteiger partial charge in [0, 0.05) is 12.2 Å². The van der Waals surface area contributed by atoms with Crippen LogP contribution in [0.5, 0.6) is 0 Å². The van der Waals surface area contributed by atoms with Gasteiger partial charge in [0.05, 0.1) is 5.56 Å². The number of amides is 2. The minimum Gasteiger partial charge on any atom is -0.334 e. The highest BCUT2D eigenvalue weighted by molar-refractivity contribution is 5.90. The summed E-state index contributed by atoms with van der Waals surface area (Å²) in [6.45, 7) is 3.79. The van der Waals surface area contributed by atoms with Gasteiger partial charge in [-0.05, 0) is 29.2 Å². The Morgan fingerprint density at radius 1 is 1.04 bits per heavy atom. The zero-order valence-electron chi connectivity index (χ0n) is 13.4. The monoisotopic (exact) mass is 336 g/mol. The minimum atomic E-state index is -4.45. The van der Waals surface area contributed by atoms with E-state index in [1.807, 2.05) is 26.0 Å². The lowest BCUT2D eigenvalue weighted by Gasteiger charge is -2.16. The second kappa shape index (κ2) is 7.38. The molecule has 0 aliphatic carbocycles. The van der Waals surface area contributed by atoms with E-state index in [0.29, 0.717) is 5.69 Å². The lowest BCUT2D eigenvalue weighted by atomic mass is 10.0. The highest BCUT2D eigenvalue weighted by Crippen LogP contribution is 2.31. The van der Waals surface area contributed by atoms with E-state index < -0.39 is 17.8 Å². The third kappa shape index (κ3) is 4.50. The number of rotatable bonds is 4. The van der Waals surface area contributed by atoms with E-state index >= 15 is 0 Å². The van der Waals surface area contributed by atoms with Gasteiger partial charge in [-0.15, -0.1) is 0 Å². The molecular formula is C18H19F3N2O. The summed E-state index contributed by atoms with van der Waals surface area (Å²) in [7, 11) is 0. The molecule has 128 valence electrons. The van der Waals surface area contributed by atoms with Crippen molar-refractivity contribution in [3.8, 4) is 0 Å². The standard InChI is InChI=1S/C18H19F3N2O/c1-12(2)14-8-4-6-10-16(14)23-17(24)22-11-13-7-3-5-9-15(13)18(19,20)21/h3-10,12H,11H2,1-2H3,(H2,22,23,24). The maximum atomic E-state index is 12.9. The van der Waals surface area contributed by atoms with Crippen molar-refractivity contribution in [1.29, 1.82) is 0 Å². The van der Waals surface area contributed by atoms with Crippen LogP contribution in [0.2, 0.25) is 0 Å². The lowest BCUT2D eigenvalue weighted by molar-refractivity contribution is -0.138. The van der Waals surface area contributed by atoms with E-state index in [0.717, 1.165) is 11.6 Å². The van der Waals surface area contributed by atoms with Gasteiger partial charge in [0.25, 0.3) is 0 Å². The molecule has 0 aromatic heterocycles. The summed E-state index contributed by atoms with van der Waals surface area (Å²) in [4.78, 5) is 12.0. The Balaban J connectivity index is 2.05. The fraction of sp³-hybridized carbons (Fsp3) is 0.278. The van der Waals surface area contributed by atoms with E-state index in [9.17, 15) is 18.0 Å². The van der Waals surface area contributed by atoms with E-state index in [1.54, 1.807) is 12.1 Å². The van der Waals surface area contributed by atoms with Crippen molar-refractivity contribution in [3.05, 3.63) is 65.2 Å². The van der Waals surface area contributed by atoms with Crippen molar-refractivity contribution in [2.24, 2.45) is 0 Å². The third-order valence-corrected chi connectivity index (χ3v) is 3.59. The predicted molar refractivity (Wildman–Crippen MR) is 87.8 cm³/mol. The molecular weight excluding hydrogens is 317 g/mol. The Bertz CT molecular complexity index is 711. The van der Waals surface area contributed by atoms with Crippen LogP contribution in [-0.2, 0) is 12.7 Å². The van der Waals surface area contributed by atoms with Gasteiger partial charge >= 0.3 is 12.2 Å². The molecule has 0 aliphatic heterocycles. The number of nitrogens with one attached hydrogen (secondary N) is 2. The highest BCUT2D eigenvalue weighted by Gasteiger charge is 2.32. The van der Waals surface area contributed by atoms with Crippen LogP contribution in [0.15, 0.2) is 48.5 Å². The quantitative estimate of drug-likeness (QED) is 0.796. The molecule has 3 nitrogen and oxygen atoms in total. The maximum absolute atomic E-state index is 12.9. The van der Waals surface area contributed by atoms with Crippen molar-refractivity contribution >= 4 is 11.7 Å². The van der Waals surface area contributed by atoms with Gasteiger partial charge in [0.2, 0.25) is 0 Å². The number of anilines is 1. The first-order chi connectivity index (χ1) is 11.3. The molecule has 0 aliphatic rings. The number of carbonyl (C=O) groups is 1. The molecule has 0 atom stereocenters. The SMILES string of the molecule is CC(C)c1ccccc1NC(=O)NCc1ccccc1C(F)(F)F. The summed E-state index contributed by atoms with van der Waals surface area (Å²) < 4.78 is 38.8. The number of alkyl halides is 3. The van der Waals surface area contributed by atoms with E-state index in [-0.39, 0.29) is 18.0 Å². The van der Waals surface area contributed by atoms with Gasteiger partial charge in [-0.3, -0.25) is 0 Å². The van der Waals surface area contributed by atoms with Crippen LogP contribution < -0.4 is 10.6 Å². The first-order valence-corrected chi connectivity index (χ1v) is 7.58. The van der Waals surface area contributed by atoms with Gasteiger partial charge in [0.1, 0.15) is 0 Å². The summed E-state index contributed by atoms with van der Waals surface area (Å²) in [5, 5.41) is 5.17. The highest BCUT2D eigenvalue weighted by atomic mass is 19.4. The normalized spacial score (nSPS) is 11.4. The summed E-state index contributed by atoms with van der Waals surface area (Å²) in [6, 6.07) is 12.0. The molecule has 2 N–H and O–H groups in total. The second-order valence-corrected chi connectivity index (χ2v) is 5.70. The molecule has 0 saturated carbocycles. The Kier molecular flexibility index (Phi) is 5.49. The largest absolute Gasteiger partial charge is 0.416 e. The Hall–Kier alpha value is -2.50. The van der Waals surface area contributed by atoms with Gasteiger partial charge in [-0.25, -0.2) is 4.79 Å². The Morgan fingerprint density at radius 2 is 1.67 bits per heavy atom. The molecule has 0 spiro atoms. The first-order valence-electron chi connectivity index (χ1n) is 7.58. The number of halogens is 3. The molecule has 2 amide bonds. The van der Waals surface area contributed by atoms with E-state index in [2.05, 4.69) is 10.6 Å². The topological polar surface area (TPSA) is 41.1 Å². The van der Waals surface area contributed by atoms with Crippen LogP contribution in [-0.4, -0.2) is 6.03 Å². The molecule has 2 aromatic carbocycles. The summed E-state index contributed by atoms with van der Waals surface area (Å²) in [5.74, 6) is 0.215. The van der Waals surface area contributed by atoms with Crippen LogP contribution in [0.4, 0.5) is 23.7 Å². The van der Waals surface area contributed by atoms with Crippen molar-refractivity contribution in [2.75, 3.05) is 5.32 Å². The van der Waals surface area contributed by atoms with E-state index in [4.69, 9.17) is 0 Å². The van der Waals surface area contributed by atoms with Crippen molar-refractivity contribution in [3.63, 3.8) is 0 Å². The number of benzene rings is 2. The zero-order valence-corrected chi connectivity index (χ0v) is 13.4. The molecule has 0 unspecified atom stereocenters. The molecule has 24 heavy (non-hydrogen) atoms. The van der Waals surface area contributed by atoms with Crippen LogP contribution in [0.3, 0.4) is 0 Å². The van der Waals surface area contributed by atoms with Crippen LogP contribution >= 0.6 is 0 Å². The van der Waals surface area contributed by atoms with Gasteiger partial charge in [-0.1, -0.05) is 50.2 Å². The molecule has 0 heterocycles. The van der Waals surface area contributed by atoms with Crippen molar-refractivity contribution in [2.45, 2.75) is 32.5 Å². The molecule has 0 saturated heterocycles. The molecule has 0 radical (unpaired) electrons. The third-order valence-electron chi connectivity index (χ3n) is 3.59. The average molecular weight is 336 g/mol. The van der Waals surface area contributed by atoms with Crippen molar-refractivity contribution in [1.82, 2.24) is 5.32 Å². The minimum absolute atomic E-state index is 0.0253.